The first kappa shape index (κ1) is 28.6. The summed E-state index contributed by atoms with van der Waals surface area (Å²) >= 11 is 0.324. The molecule has 0 radical (unpaired) electrons. The Morgan fingerprint density at radius 3 is 2.25 bits per heavy atom. The van der Waals surface area contributed by atoms with Gasteiger partial charge in [-0.05, 0) is 98.7 Å². The number of thiazole rings is 1. The quantitative estimate of drug-likeness (QED) is 0.167. The van der Waals surface area contributed by atoms with Gasteiger partial charge in [0.05, 0.1) is 29.2 Å². The topological polar surface area (TPSA) is 68.1 Å². The van der Waals surface area contributed by atoms with Crippen LogP contribution in [0.15, 0.2) is 66.5 Å². The molecular formula is C32H25F5N4O2S. The SMILES string of the molecule is O=C(c1ccc(F)cc1)N(C1CC1)C1CCC2=Cc3c(cnn3-c3ccc(F)cc3)CC2(C(=O)c2ncc(C(F)(F)F)s2)C1. The number of carbonyl (C=O) groups excluding carboxylic acids is 2. The van der Waals surface area contributed by atoms with Gasteiger partial charge in [0.2, 0.25) is 5.78 Å². The number of benzene rings is 2. The largest absolute Gasteiger partial charge is 0.427 e. The van der Waals surface area contributed by atoms with Gasteiger partial charge < -0.3 is 4.90 Å². The van der Waals surface area contributed by atoms with E-state index in [9.17, 15) is 31.5 Å². The van der Waals surface area contributed by atoms with Gasteiger partial charge in [-0.2, -0.15) is 18.3 Å². The molecule has 0 N–H and O–H groups in total. The minimum absolute atomic E-state index is 0.0349. The van der Waals surface area contributed by atoms with E-state index < -0.39 is 33.9 Å². The van der Waals surface area contributed by atoms with E-state index in [1.807, 2.05) is 6.08 Å². The predicted octanol–water partition coefficient (Wildman–Crippen LogP) is 7.29. The van der Waals surface area contributed by atoms with Crippen LogP contribution in [0.4, 0.5) is 22.0 Å². The van der Waals surface area contributed by atoms with Crippen LogP contribution in [0.1, 0.15) is 68.4 Å². The maximum absolute atomic E-state index is 14.4. The van der Waals surface area contributed by atoms with E-state index in [1.165, 1.54) is 36.4 Å². The fourth-order valence-corrected chi connectivity index (χ4v) is 7.37. The van der Waals surface area contributed by atoms with Crippen molar-refractivity contribution in [3.05, 3.63) is 105 Å². The van der Waals surface area contributed by atoms with Gasteiger partial charge in [0, 0.05) is 17.6 Å². The van der Waals surface area contributed by atoms with Gasteiger partial charge in [-0.15, -0.1) is 11.3 Å². The summed E-state index contributed by atoms with van der Waals surface area (Å²) in [7, 11) is 0. The van der Waals surface area contributed by atoms with Crippen molar-refractivity contribution in [2.24, 2.45) is 5.41 Å². The van der Waals surface area contributed by atoms with Gasteiger partial charge in [0.25, 0.3) is 5.91 Å². The van der Waals surface area contributed by atoms with Gasteiger partial charge >= 0.3 is 6.18 Å². The molecule has 0 aliphatic heterocycles. The van der Waals surface area contributed by atoms with E-state index in [2.05, 4.69) is 10.1 Å². The third-order valence-corrected chi connectivity index (χ3v) is 9.82. The summed E-state index contributed by atoms with van der Waals surface area (Å²) in [5.74, 6) is -1.63. The van der Waals surface area contributed by atoms with E-state index in [-0.39, 0.29) is 35.8 Å². The number of rotatable bonds is 6. The van der Waals surface area contributed by atoms with Crippen LogP contribution in [-0.4, -0.2) is 43.4 Å². The first-order valence-electron chi connectivity index (χ1n) is 14.2. The van der Waals surface area contributed by atoms with Crippen molar-refractivity contribution in [2.45, 2.75) is 56.8 Å². The number of fused-ring (bicyclic) bond motifs is 2. The summed E-state index contributed by atoms with van der Waals surface area (Å²) in [6, 6.07) is 10.7. The molecule has 2 aromatic heterocycles. The van der Waals surface area contributed by atoms with Crippen molar-refractivity contribution in [1.82, 2.24) is 19.7 Å². The van der Waals surface area contributed by atoms with Crippen LogP contribution in [0.2, 0.25) is 0 Å². The number of halogens is 5. The maximum Gasteiger partial charge on any atom is 0.427 e. The number of amides is 1. The zero-order chi connectivity index (χ0) is 30.8. The van der Waals surface area contributed by atoms with Gasteiger partial charge in [0.1, 0.15) is 16.5 Å². The summed E-state index contributed by atoms with van der Waals surface area (Å²) < 4.78 is 69.4. The summed E-state index contributed by atoms with van der Waals surface area (Å²) in [4.78, 5) is 32.9. The van der Waals surface area contributed by atoms with Crippen LogP contribution in [0.25, 0.3) is 11.8 Å². The van der Waals surface area contributed by atoms with Crippen LogP contribution >= 0.6 is 11.3 Å². The molecule has 2 saturated carbocycles. The third kappa shape index (κ3) is 4.94. The van der Waals surface area contributed by atoms with E-state index in [4.69, 9.17) is 0 Å². The molecule has 4 aromatic rings. The molecule has 2 atom stereocenters. The number of hydrogen-bond acceptors (Lipinski definition) is 5. The first-order valence-corrected chi connectivity index (χ1v) is 15.0. The fourth-order valence-electron chi connectivity index (χ4n) is 6.55. The normalized spacial score (nSPS) is 21.3. The molecule has 2 fully saturated rings. The highest BCUT2D eigenvalue weighted by molar-refractivity contribution is 7.13. The number of Topliss-reactive ketones (excluding diaryl/α,β-unsaturated/α-hetero) is 1. The molecule has 2 heterocycles. The Morgan fingerprint density at radius 2 is 1.61 bits per heavy atom. The lowest BCUT2D eigenvalue weighted by molar-refractivity contribution is -0.134. The Hall–Kier alpha value is -4.19. The lowest BCUT2D eigenvalue weighted by Crippen LogP contribution is -2.51. The summed E-state index contributed by atoms with van der Waals surface area (Å²) in [6.45, 7) is 0. The molecule has 1 amide bonds. The zero-order valence-electron chi connectivity index (χ0n) is 23.2. The van der Waals surface area contributed by atoms with E-state index >= 15 is 0 Å². The van der Waals surface area contributed by atoms with Crippen LogP contribution < -0.4 is 0 Å². The second-order valence-corrected chi connectivity index (χ2v) is 12.6. The Bertz CT molecular complexity index is 1790. The van der Waals surface area contributed by atoms with Gasteiger partial charge in [-0.3, -0.25) is 9.59 Å². The van der Waals surface area contributed by atoms with Crippen molar-refractivity contribution < 1.29 is 31.5 Å². The monoisotopic (exact) mass is 624 g/mol. The average Bonchev–Trinajstić information content (AvgIpc) is 3.53. The molecule has 44 heavy (non-hydrogen) atoms. The molecule has 6 nitrogen and oxygen atoms in total. The number of nitrogens with zero attached hydrogens (tertiary/aromatic N) is 4. The van der Waals surface area contributed by atoms with Crippen molar-refractivity contribution in [2.75, 3.05) is 0 Å². The number of alkyl halides is 3. The number of allylic oxidation sites excluding steroid dienone is 1. The van der Waals surface area contributed by atoms with Crippen molar-refractivity contribution in [3.63, 3.8) is 0 Å². The van der Waals surface area contributed by atoms with Crippen LogP contribution in [0.3, 0.4) is 0 Å². The van der Waals surface area contributed by atoms with Crippen molar-refractivity contribution in [1.29, 1.82) is 0 Å². The van der Waals surface area contributed by atoms with Crippen molar-refractivity contribution in [3.8, 4) is 5.69 Å². The molecule has 3 aliphatic carbocycles. The van der Waals surface area contributed by atoms with Crippen molar-refractivity contribution >= 4 is 29.1 Å². The highest BCUT2D eigenvalue weighted by atomic mass is 32.1. The Balaban J connectivity index is 1.29. The highest BCUT2D eigenvalue weighted by Gasteiger charge is 2.53. The summed E-state index contributed by atoms with van der Waals surface area (Å²) in [5, 5.41) is 4.27. The number of ketones is 1. The zero-order valence-corrected chi connectivity index (χ0v) is 24.0. The summed E-state index contributed by atoms with van der Waals surface area (Å²) in [6.07, 6.45) is 2.44. The number of hydrogen-bond donors (Lipinski definition) is 0. The molecular weight excluding hydrogens is 599 g/mol. The number of carbonyl (C=O) groups is 2. The van der Waals surface area contributed by atoms with Gasteiger partial charge in [-0.1, -0.05) is 5.57 Å². The Labute approximate surface area is 252 Å². The molecule has 0 bridgehead atoms. The lowest BCUT2D eigenvalue weighted by Gasteiger charge is -2.47. The maximum atomic E-state index is 14.4. The Morgan fingerprint density at radius 1 is 0.932 bits per heavy atom. The first-order chi connectivity index (χ1) is 21.0. The molecule has 3 aliphatic rings. The van der Waals surface area contributed by atoms with E-state index in [0.717, 1.165) is 18.4 Å². The van der Waals surface area contributed by atoms with Crippen LogP contribution in [-0.2, 0) is 12.6 Å². The molecule has 7 rings (SSSR count). The molecule has 0 saturated heterocycles. The molecule has 0 spiro atoms. The van der Waals surface area contributed by atoms with Gasteiger partial charge in [0.15, 0.2) is 5.01 Å². The Kier molecular flexibility index (Phi) is 6.80. The van der Waals surface area contributed by atoms with E-state index in [0.29, 0.717) is 52.9 Å². The fraction of sp³-hybridized carbons (Fsp3) is 0.312. The summed E-state index contributed by atoms with van der Waals surface area (Å²) in [5.41, 5.74) is 1.87. The molecule has 2 unspecified atom stereocenters. The highest BCUT2D eigenvalue weighted by Crippen LogP contribution is 2.52. The minimum Gasteiger partial charge on any atom is -0.333 e. The molecule has 12 heteroatoms. The second-order valence-electron chi connectivity index (χ2n) is 11.6. The third-order valence-electron chi connectivity index (χ3n) is 8.78. The van der Waals surface area contributed by atoms with Gasteiger partial charge in [-0.25, -0.2) is 18.4 Å². The molecule has 2 aromatic carbocycles. The van der Waals surface area contributed by atoms with Crippen LogP contribution in [0.5, 0.6) is 0 Å². The lowest BCUT2D eigenvalue weighted by atomic mass is 9.60. The van der Waals surface area contributed by atoms with Crippen LogP contribution in [0, 0.1) is 17.0 Å². The second kappa shape index (κ2) is 10.5. The minimum atomic E-state index is -4.64. The van der Waals surface area contributed by atoms with E-state index in [1.54, 1.807) is 27.9 Å². The number of aromatic nitrogens is 3. The molecule has 226 valence electrons. The predicted molar refractivity (Wildman–Crippen MR) is 152 cm³/mol. The average molecular weight is 625 g/mol. The standard InChI is InChI=1S/C32H25F5N4O2S/c33-21-4-1-18(2-5-21)30(43)40(23-11-12-23)25-8-3-20-13-26-19(16-39-41(26)24-9-6-22(34)7-10-24)14-31(20,15-25)28(42)29-38-17-27(44-29)32(35,36)37/h1-2,4-7,9-10,13,16-17,23,25H,3,8,11-12,14-15H2. The smallest absolute Gasteiger partial charge is 0.333 e.